The Morgan fingerprint density at radius 2 is 2.38 bits per heavy atom. The first-order valence-electron chi connectivity index (χ1n) is 7.52. The highest BCUT2D eigenvalue weighted by atomic mass is 32.1. The Labute approximate surface area is 129 Å². The van der Waals surface area contributed by atoms with Gasteiger partial charge in [-0.1, -0.05) is 19.4 Å². The maximum atomic E-state index is 12.4. The van der Waals surface area contributed by atoms with Gasteiger partial charge >= 0.3 is 0 Å². The Kier molecular flexibility index (Phi) is 4.06. The van der Waals surface area contributed by atoms with Crippen LogP contribution >= 0.6 is 11.3 Å². The number of carbonyl (C=O) groups excluding carboxylic acids is 1. The van der Waals surface area contributed by atoms with Crippen molar-refractivity contribution < 1.29 is 4.79 Å². The van der Waals surface area contributed by atoms with Crippen LogP contribution in [-0.2, 0) is 12.8 Å². The minimum Gasteiger partial charge on any atom is -0.306 e. The van der Waals surface area contributed by atoms with Crippen molar-refractivity contribution in [3.8, 4) is 0 Å². The molecule has 2 aromatic rings. The van der Waals surface area contributed by atoms with Crippen LogP contribution in [0.4, 0.5) is 5.82 Å². The average molecular weight is 300 g/mol. The topological polar surface area (TPSA) is 42.0 Å². The number of aromatic nitrogens is 1. The highest BCUT2D eigenvalue weighted by Gasteiger charge is 2.22. The molecule has 1 aliphatic carbocycles. The molecule has 1 aliphatic rings. The van der Waals surface area contributed by atoms with Crippen LogP contribution in [0.2, 0.25) is 0 Å². The number of hydrogen-bond acceptors (Lipinski definition) is 3. The number of carbonyl (C=O) groups is 1. The lowest BCUT2D eigenvalue weighted by molar-refractivity contribution is 0.103. The number of amides is 1. The summed E-state index contributed by atoms with van der Waals surface area (Å²) in [5.41, 5.74) is 2.36. The molecule has 1 atom stereocenters. The third kappa shape index (κ3) is 3.00. The van der Waals surface area contributed by atoms with Crippen molar-refractivity contribution in [3.05, 3.63) is 45.3 Å². The Bertz CT molecular complexity index is 663. The van der Waals surface area contributed by atoms with Gasteiger partial charge in [0, 0.05) is 11.1 Å². The monoisotopic (exact) mass is 300 g/mol. The molecule has 3 nitrogen and oxygen atoms in total. The molecule has 2 aromatic heterocycles. The average Bonchev–Trinajstić information content (AvgIpc) is 2.92. The number of pyridine rings is 1. The molecule has 3 rings (SSSR count). The molecule has 0 fully saturated rings. The first kappa shape index (κ1) is 14.3. The van der Waals surface area contributed by atoms with E-state index in [1.54, 1.807) is 17.5 Å². The van der Waals surface area contributed by atoms with Crippen molar-refractivity contribution in [1.82, 2.24) is 4.98 Å². The second kappa shape index (κ2) is 5.98. The number of anilines is 1. The van der Waals surface area contributed by atoms with Gasteiger partial charge < -0.3 is 5.32 Å². The van der Waals surface area contributed by atoms with Crippen molar-refractivity contribution in [2.24, 2.45) is 5.92 Å². The van der Waals surface area contributed by atoms with Gasteiger partial charge in [0.1, 0.15) is 5.82 Å². The maximum Gasteiger partial charge on any atom is 0.266 e. The predicted molar refractivity (Wildman–Crippen MR) is 87.1 cm³/mol. The fourth-order valence-corrected chi connectivity index (χ4v) is 3.95. The third-order valence-corrected chi connectivity index (χ3v) is 5.46. The molecule has 110 valence electrons. The number of thiophene rings is 1. The molecule has 4 heteroatoms. The molecule has 21 heavy (non-hydrogen) atoms. The van der Waals surface area contributed by atoms with Crippen molar-refractivity contribution in [3.63, 3.8) is 0 Å². The molecule has 2 heterocycles. The molecule has 1 N–H and O–H groups in total. The summed E-state index contributed by atoms with van der Waals surface area (Å²) >= 11 is 1.64. The summed E-state index contributed by atoms with van der Waals surface area (Å²) in [6.07, 6.45) is 6.43. The Balaban J connectivity index is 1.77. The lowest BCUT2D eigenvalue weighted by atomic mass is 9.87. The van der Waals surface area contributed by atoms with Crippen LogP contribution in [0.15, 0.2) is 24.4 Å². The molecule has 0 bridgehead atoms. The second-order valence-electron chi connectivity index (χ2n) is 5.70. The van der Waals surface area contributed by atoms with Crippen molar-refractivity contribution in [2.45, 2.75) is 39.5 Å². The lowest BCUT2D eigenvalue weighted by Crippen LogP contribution is -2.12. The van der Waals surface area contributed by atoms with Gasteiger partial charge in [-0.05, 0) is 55.4 Å². The van der Waals surface area contributed by atoms with Crippen molar-refractivity contribution in [2.75, 3.05) is 5.32 Å². The van der Waals surface area contributed by atoms with E-state index < -0.39 is 0 Å². The number of aryl methyl sites for hydroxylation is 2. The van der Waals surface area contributed by atoms with Gasteiger partial charge in [-0.2, -0.15) is 0 Å². The van der Waals surface area contributed by atoms with Crippen LogP contribution in [0.25, 0.3) is 0 Å². The predicted octanol–water partition coefficient (Wildman–Crippen LogP) is 4.22. The van der Waals surface area contributed by atoms with E-state index in [0.717, 1.165) is 29.2 Å². The van der Waals surface area contributed by atoms with Crippen LogP contribution in [0.5, 0.6) is 0 Å². The van der Waals surface area contributed by atoms with Crippen molar-refractivity contribution >= 4 is 23.1 Å². The molecule has 0 spiro atoms. The quantitative estimate of drug-likeness (QED) is 0.922. The third-order valence-electron chi connectivity index (χ3n) is 4.23. The molecule has 0 aliphatic heterocycles. The summed E-state index contributed by atoms with van der Waals surface area (Å²) in [6, 6.07) is 5.91. The van der Waals surface area contributed by atoms with E-state index in [-0.39, 0.29) is 5.91 Å². The molecule has 0 unspecified atom stereocenters. The van der Waals surface area contributed by atoms with E-state index in [1.807, 2.05) is 19.1 Å². The van der Waals surface area contributed by atoms with Crippen molar-refractivity contribution in [1.29, 1.82) is 0 Å². The molecule has 0 saturated heterocycles. The second-order valence-corrected chi connectivity index (χ2v) is 6.84. The van der Waals surface area contributed by atoms with Gasteiger partial charge in [0.25, 0.3) is 5.91 Å². The van der Waals surface area contributed by atoms with Gasteiger partial charge in [0.2, 0.25) is 0 Å². The fraction of sp³-hybridized carbons (Fsp3) is 0.412. The summed E-state index contributed by atoms with van der Waals surface area (Å²) in [6.45, 7) is 4.20. The smallest absolute Gasteiger partial charge is 0.266 e. The number of hydrogen-bond donors (Lipinski definition) is 1. The Morgan fingerprint density at radius 1 is 1.52 bits per heavy atom. The molecule has 0 radical (unpaired) electrons. The first-order valence-corrected chi connectivity index (χ1v) is 8.33. The van der Waals surface area contributed by atoms with E-state index in [1.165, 1.54) is 23.3 Å². The summed E-state index contributed by atoms with van der Waals surface area (Å²) in [4.78, 5) is 18.8. The van der Waals surface area contributed by atoms with E-state index in [4.69, 9.17) is 0 Å². The van der Waals surface area contributed by atoms with Gasteiger partial charge in [-0.25, -0.2) is 4.98 Å². The maximum absolute atomic E-state index is 12.4. The molecule has 0 aromatic carbocycles. The summed E-state index contributed by atoms with van der Waals surface area (Å²) in [5, 5.41) is 2.92. The molecular weight excluding hydrogens is 280 g/mol. The number of nitrogens with zero attached hydrogens (tertiary/aromatic N) is 1. The highest BCUT2D eigenvalue weighted by molar-refractivity contribution is 7.14. The van der Waals surface area contributed by atoms with Crippen LogP contribution in [0.3, 0.4) is 0 Å². The largest absolute Gasteiger partial charge is 0.306 e. The van der Waals surface area contributed by atoms with E-state index in [2.05, 4.69) is 23.3 Å². The fourth-order valence-electron chi connectivity index (χ4n) is 2.85. The zero-order chi connectivity index (χ0) is 14.8. The minimum atomic E-state index is -0.0377. The molecular formula is C17H20N2OS. The van der Waals surface area contributed by atoms with Crippen LogP contribution < -0.4 is 5.32 Å². The Morgan fingerprint density at radius 3 is 3.14 bits per heavy atom. The van der Waals surface area contributed by atoms with Crippen LogP contribution in [0.1, 0.15) is 45.4 Å². The molecule has 1 amide bonds. The number of nitrogens with one attached hydrogen (secondary N) is 1. The van der Waals surface area contributed by atoms with E-state index in [0.29, 0.717) is 5.82 Å². The van der Waals surface area contributed by atoms with Gasteiger partial charge in [-0.15, -0.1) is 11.3 Å². The van der Waals surface area contributed by atoms with E-state index >= 15 is 0 Å². The Hall–Kier alpha value is -1.68. The zero-order valence-electron chi connectivity index (χ0n) is 12.5. The SMILES string of the molecule is CC[C@H]1CCc2sc(C(=O)Nc3ncccc3C)cc2C1. The summed E-state index contributed by atoms with van der Waals surface area (Å²) < 4.78 is 0. The summed E-state index contributed by atoms with van der Waals surface area (Å²) in [7, 11) is 0. The van der Waals surface area contributed by atoms with Crippen LogP contribution in [-0.4, -0.2) is 10.9 Å². The highest BCUT2D eigenvalue weighted by Crippen LogP contribution is 2.33. The number of rotatable bonds is 3. The molecule has 0 saturated carbocycles. The van der Waals surface area contributed by atoms with E-state index in [9.17, 15) is 4.79 Å². The first-order chi connectivity index (χ1) is 10.2. The summed E-state index contributed by atoms with van der Waals surface area (Å²) in [5.74, 6) is 1.39. The van der Waals surface area contributed by atoms with Gasteiger partial charge in [0.05, 0.1) is 4.88 Å². The number of fused-ring (bicyclic) bond motifs is 1. The van der Waals surface area contributed by atoms with Gasteiger partial charge in [0.15, 0.2) is 0 Å². The van der Waals surface area contributed by atoms with Gasteiger partial charge in [-0.3, -0.25) is 4.79 Å². The standard InChI is InChI=1S/C17H20N2OS/c1-3-12-6-7-14-13(9-12)10-15(21-14)17(20)19-16-11(2)5-4-8-18-16/h4-5,8,10,12H,3,6-7,9H2,1-2H3,(H,18,19,20)/t12-/m0/s1. The zero-order valence-corrected chi connectivity index (χ0v) is 13.3. The lowest BCUT2D eigenvalue weighted by Gasteiger charge is -2.19. The van der Waals surface area contributed by atoms with Crippen LogP contribution in [0, 0.1) is 12.8 Å². The normalized spacial score (nSPS) is 17.3. The minimum absolute atomic E-state index is 0.0377.